The molecule has 224 valence electrons. The number of rotatable bonds is 15. The topological polar surface area (TPSA) is 101 Å². The van der Waals surface area contributed by atoms with Crippen LogP contribution < -0.4 is 9.46 Å². The van der Waals surface area contributed by atoms with Crippen LogP contribution >= 0.6 is 11.6 Å². The normalized spacial score (nSPS) is 13.7. The molecule has 0 radical (unpaired) electrons. The van der Waals surface area contributed by atoms with Crippen LogP contribution in [0.5, 0.6) is 5.75 Å². The first-order chi connectivity index (χ1) is 18.6. The SMILES string of the molecule is CCCCCCCCOc1ccc(C(C)(C)CC(C)(C)C)cc1S(=O)(=O)NCC(C)c1nn2nc(C)c(Cl)c2[nH]1. The first-order valence-electron chi connectivity index (χ1n) is 14.5. The van der Waals surface area contributed by atoms with Gasteiger partial charge in [0.25, 0.3) is 0 Å². The molecule has 2 N–H and O–H groups in total. The fourth-order valence-corrected chi connectivity index (χ4v) is 6.76. The minimum absolute atomic E-state index is 0.0907. The van der Waals surface area contributed by atoms with Crippen molar-refractivity contribution in [3.63, 3.8) is 0 Å². The van der Waals surface area contributed by atoms with Gasteiger partial charge >= 0.3 is 0 Å². The zero-order chi connectivity index (χ0) is 29.7. The second kappa shape index (κ2) is 13.3. The van der Waals surface area contributed by atoms with Gasteiger partial charge < -0.3 is 9.72 Å². The summed E-state index contributed by atoms with van der Waals surface area (Å²) in [5, 5.41) is 9.24. The predicted molar refractivity (Wildman–Crippen MR) is 163 cm³/mol. The van der Waals surface area contributed by atoms with E-state index >= 15 is 0 Å². The van der Waals surface area contributed by atoms with Crippen LogP contribution in [-0.4, -0.2) is 41.4 Å². The number of fused-ring (bicyclic) bond motifs is 1. The summed E-state index contributed by atoms with van der Waals surface area (Å²) >= 11 is 6.30. The molecule has 0 saturated heterocycles. The number of halogens is 1. The molecule has 0 bridgehead atoms. The number of aromatic nitrogens is 4. The molecule has 0 aliphatic heterocycles. The number of unbranched alkanes of at least 4 members (excludes halogenated alkanes) is 5. The monoisotopic (exact) mass is 593 g/mol. The van der Waals surface area contributed by atoms with Gasteiger partial charge in [0.05, 0.1) is 12.3 Å². The predicted octanol–water partition coefficient (Wildman–Crippen LogP) is 7.55. The van der Waals surface area contributed by atoms with Gasteiger partial charge in [-0.2, -0.15) is 5.10 Å². The average Bonchev–Trinajstić information content (AvgIpc) is 3.39. The van der Waals surface area contributed by atoms with Crippen molar-refractivity contribution in [2.45, 2.75) is 117 Å². The molecule has 1 aromatic carbocycles. The molecule has 0 aliphatic rings. The first-order valence-corrected chi connectivity index (χ1v) is 16.4. The van der Waals surface area contributed by atoms with Gasteiger partial charge in [-0.15, -0.1) is 9.73 Å². The Kier molecular flexibility index (Phi) is 10.7. The highest BCUT2D eigenvalue weighted by Crippen LogP contribution is 2.38. The van der Waals surface area contributed by atoms with Crippen molar-refractivity contribution in [3.05, 3.63) is 40.3 Å². The third-order valence-electron chi connectivity index (χ3n) is 7.21. The van der Waals surface area contributed by atoms with Gasteiger partial charge in [0.15, 0.2) is 5.65 Å². The first kappa shape index (κ1) is 32.4. The van der Waals surface area contributed by atoms with Crippen LogP contribution in [0.1, 0.15) is 116 Å². The Morgan fingerprint density at radius 2 is 1.75 bits per heavy atom. The summed E-state index contributed by atoms with van der Waals surface area (Å²) in [5.74, 6) is 0.760. The smallest absolute Gasteiger partial charge is 0.244 e. The van der Waals surface area contributed by atoms with E-state index in [9.17, 15) is 8.42 Å². The Morgan fingerprint density at radius 3 is 2.40 bits per heavy atom. The van der Waals surface area contributed by atoms with E-state index in [1.54, 1.807) is 6.07 Å². The van der Waals surface area contributed by atoms with Crippen molar-refractivity contribution in [2.75, 3.05) is 13.2 Å². The molecule has 0 aliphatic carbocycles. The van der Waals surface area contributed by atoms with Crippen molar-refractivity contribution in [3.8, 4) is 5.75 Å². The third-order valence-corrected chi connectivity index (χ3v) is 9.11. The van der Waals surface area contributed by atoms with Crippen LogP contribution in [0.15, 0.2) is 23.1 Å². The summed E-state index contributed by atoms with van der Waals surface area (Å²) in [4.78, 5) is 3.35. The van der Waals surface area contributed by atoms with Crippen molar-refractivity contribution in [1.29, 1.82) is 0 Å². The Labute approximate surface area is 245 Å². The number of nitrogens with zero attached hydrogens (tertiary/aromatic N) is 3. The van der Waals surface area contributed by atoms with Crippen LogP contribution in [-0.2, 0) is 15.4 Å². The maximum Gasteiger partial charge on any atom is 0.244 e. The van der Waals surface area contributed by atoms with Crippen molar-refractivity contribution in [1.82, 2.24) is 24.5 Å². The van der Waals surface area contributed by atoms with Gasteiger partial charge in [-0.1, -0.05) is 98.2 Å². The Balaban J connectivity index is 1.80. The maximum absolute atomic E-state index is 13.7. The Morgan fingerprint density at radius 1 is 1.07 bits per heavy atom. The van der Waals surface area contributed by atoms with E-state index < -0.39 is 10.0 Å². The van der Waals surface area contributed by atoms with Crippen LogP contribution in [0, 0.1) is 12.3 Å². The maximum atomic E-state index is 13.7. The van der Waals surface area contributed by atoms with Gasteiger partial charge in [-0.25, -0.2) is 13.1 Å². The highest BCUT2D eigenvalue weighted by molar-refractivity contribution is 7.89. The van der Waals surface area contributed by atoms with Crippen molar-refractivity contribution < 1.29 is 13.2 Å². The fourth-order valence-electron chi connectivity index (χ4n) is 5.30. The van der Waals surface area contributed by atoms with Gasteiger partial charge in [0, 0.05) is 12.5 Å². The molecule has 0 saturated carbocycles. The van der Waals surface area contributed by atoms with Crippen molar-refractivity contribution >= 4 is 27.3 Å². The number of aryl methyl sites for hydroxylation is 1. The number of H-pyrrole nitrogens is 1. The summed E-state index contributed by atoms with van der Waals surface area (Å²) in [6, 6.07) is 5.62. The molecule has 40 heavy (non-hydrogen) atoms. The summed E-state index contributed by atoms with van der Waals surface area (Å²) in [6.07, 6.45) is 7.73. The number of nitrogens with one attached hydrogen (secondary N) is 2. The van der Waals surface area contributed by atoms with Gasteiger partial charge in [0.1, 0.15) is 21.5 Å². The van der Waals surface area contributed by atoms with Gasteiger partial charge in [-0.05, 0) is 48.3 Å². The summed E-state index contributed by atoms with van der Waals surface area (Å²) in [7, 11) is -3.87. The Hall–Kier alpha value is -2.10. The minimum atomic E-state index is -3.87. The highest BCUT2D eigenvalue weighted by atomic mass is 35.5. The summed E-state index contributed by atoms with van der Waals surface area (Å²) < 4.78 is 37.8. The molecular weight excluding hydrogens is 546 g/mol. The number of hydrogen-bond donors (Lipinski definition) is 2. The van der Waals surface area contributed by atoms with E-state index in [-0.39, 0.29) is 28.2 Å². The Bertz CT molecular complexity index is 1370. The van der Waals surface area contributed by atoms with Crippen LogP contribution in [0.25, 0.3) is 5.65 Å². The largest absolute Gasteiger partial charge is 0.492 e. The number of sulfonamides is 1. The molecule has 3 rings (SSSR count). The van der Waals surface area contributed by atoms with E-state index in [2.05, 4.69) is 61.4 Å². The molecule has 2 heterocycles. The van der Waals surface area contributed by atoms with E-state index in [0.29, 0.717) is 34.5 Å². The number of ether oxygens (including phenoxy) is 1. The molecule has 0 spiro atoms. The van der Waals surface area contributed by atoms with Crippen molar-refractivity contribution in [2.24, 2.45) is 5.41 Å². The third kappa shape index (κ3) is 8.46. The minimum Gasteiger partial charge on any atom is -0.492 e. The van der Waals surface area contributed by atoms with E-state index in [0.717, 1.165) is 24.8 Å². The van der Waals surface area contributed by atoms with Gasteiger partial charge in [-0.3, -0.25) is 0 Å². The average molecular weight is 594 g/mol. The quantitative estimate of drug-likeness (QED) is 0.177. The van der Waals surface area contributed by atoms with E-state index in [4.69, 9.17) is 16.3 Å². The number of benzene rings is 1. The number of hydrogen-bond acceptors (Lipinski definition) is 5. The zero-order valence-corrected chi connectivity index (χ0v) is 27.1. The fraction of sp³-hybridized carbons (Fsp3) is 0.667. The lowest BCUT2D eigenvalue weighted by Crippen LogP contribution is -2.30. The summed E-state index contributed by atoms with van der Waals surface area (Å²) in [5.41, 5.74) is 2.13. The van der Waals surface area contributed by atoms with Crippen LogP contribution in [0.4, 0.5) is 0 Å². The lowest BCUT2D eigenvalue weighted by atomic mass is 9.72. The lowest BCUT2D eigenvalue weighted by Gasteiger charge is -2.33. The molecular formula is C30H48ClN5O3S. The van der Waals surface area contributed by atoms with Crippen LogP contribution in [0.3, 0.4) is 0 Å². The second-order valence-corrected chi connectivity index (χ2v) is 15.0. The van der Waals surface area contributed by atoms with E-state index in [1.165, 1.54) is 30.3 Å². The lowest BCUT2D eigenvalue weighted by molar-refractivity contribution is 0.281. The summed E-state index contributed by atoms with van der Waals surface area (Å²) in [6.45, 7) is 17.5. The highest BCUT2D eigenvalue weighted by Gasteiger charge is 2.30. The molecule has 3 aromatic rings. The molecule has 1 unspecified atom stereocenters. The van der Waals surface area contributed by atoms with Crippen LogP contribution in [0.2, 0.25) is 5.02 Å². The second-order valence-electron chi connectivity index (χ2n) is 12.9. The molecule has 0 fully saturated rings. The molecule has 0 amide bonds. The number of aromatic amines is 1. The van der Waals surface area contributed by atoms with Gasteiger partial charge in [0.2, 0.25) is 10.0 Å². The molecule has 8 nitrogen and oxygen atoms in total. The molecule has 10 heteroatoms. The zero-order valence-electron chi connectivity index (χ0n) is 25.5. The molecule has 2 aromatic heterocycles. The van der Waals surface area contributed by atoms with E-state index in [1.807, 2.05) is 26.0 Å². The molecule has 1 atom stereocenters. The standard InChI is InChI=1S/C30H48ClN5O3S/c1-9-10-11-12-13-14-17-39-24-16-15-23(30(7,8)20-29(4,5)6)18-25(24)40(37,38)32-19-21(2)27-33-28-26(31)22(3)34-36(28)35-27/h15-16,18,21,32H,9-14,17,19-20H2,1-8H3,(H,33,35).